The summed E-state index contributed by atoms with van der Waals surface area (Å²) < 4.78 is 28.0. The summed E-state index contributed by atoms with van der Waals surface area (Å²) in [5.41, 5.74) is 2.06. The normalized spacial score (nSPS) is 16.7. The molecule has 0 N–H and O–H groups in total. The Morgan fingerprint density at radius 2 is 1.61 bits per heavy atom. The van der Waals surface area contributed by atoms with E-state index < -0.39 is 15.6 Å². The molecule has 0 radical (unpaired) electrons. The predicted molar refractivity (Wildman–Crippen MR) is 95.3 cm³/mol. The topological polar surface area (TPSA) is 37.4 Å². The van der Waals surface area contributed by atoms with Gasteiger partial charge in [0.25, 0.3) is 10.0 Å². The minimum absolute atomic E-state index is 0.234. The van der Waals surface area contributed by atoms with Crippen LogP contribution >= 0.6 is 11.6 Å². The zero-order chi connectivity index (χ0) is 16.8. The Morgan fingerprint density at radius 1 is 1.00 bits per heavy atom. The lowest BCUT2D eigenvalue weighted by molar-refractivity contribution is 0.561. The van der Waals surface area contributed by atoms with Crippen LogP contribution in [-0.2, 0) is 10.0 Å². The van der Waals surface area contributed by atoms with Gasteiger partial charge in [-0.05, 0) is 56.7 Å². The number of para-hydroxylation sites is 1. The molecule has 0 saturated carbocycles. The highest BCUT2D eigenvalue weighted by atomic mass is 35.5. The van der Waals surface area contributed by atoms with Gasteiger partial charge in [-0.1, -0.05) is 35.9 Å². The number of nitrogens with zero attached hydrogens (tertiary/aromatic N) is 1. The summed E-state index contributed by atoms with van der Waals surface area (Å²) in [5.74, 6) is 0. The minimum Gasteiger partial charge on any atom is -0.256 e. The first kappa shape index (κ1) is 16.1. The molecular formula is C18H18ClNO2S. The molecule has 1 heterocycles. The van der Waals surface area contributed by atoms with Gasteiger partial charge in [0.1, 0.15) is 0 Å². The molecule has 0 fully saturated rings. The fourth-order valence-corrected chi connectivity index (χ4v) is 5.02. The highest BCUT2D eigenvalue weighted by molar-refractivity contribution is 7.93. The Labute approximate surface area is 142 Å². The molecule has 0 unspecified atom stereocenters. The fraction of sp³-hybridized carbons (Fsp3) is 0.222. The van der Waals surface area contributed by atoms with Gasteiger partial charge in [-0.3, -0.25) is 4.31 Å². The van der Waals surface area contributed by atoms with Crippen LogP contribution in [0.3, 0.4) is 0 Å². The molecule has 3 rings (SSSR count). The number of benzene rings is 2. The van der Waals surface area contributed by atoms with Gasteiger partial charge in [0, 0.05) is 10.6 Å². The third-order valence-corrected chi connectivity index (χ3v) is 6.26. The molecule has 0 bridgehead atoms. The number of hydrogen-bond donors (Lipinski definition) is 0. The van der Waals surface area contributed by atoms with Crippen LogP contribution in [0.4, 0.5) is 5.69 Å². The standard InChI is InChI=1S/C18H18ClNO2S/c1-13-12-18(2,3)20(17-7-5-4-6-16(13)17)23(21,22)15-10-8-14(19)9-11-15/h4-12H,1-3H3. The molecule has 0 spiro atoms. The van der Waals surface area contributed by atoms with Gasteiger partial charge in [-0.25, -0.2) is 8.42 Å². The molecule has 0 amide bonds. The van der Waals surface area contributed by atoms with Crippen LogP contribution < -0.4 is 4.31 Å². The lowest BCUT2D eigenvalue weighted by Crippen LogP contribution is -2.48. The van der Waals surface area contributed by atoms with Crippen LogP contribution in [0.1, 0.15) is 26.3 Å². The molecule has 2 aromatic carbocycles. The van der Waals surface area contributed by atoms with E-state index in [4.69, 9.17) is 11.6 Å². The van der Waals surface area contributed by atoms with Crippen LogP contribution in [0.15, 0.2) is 59.5 Å². The van der Waals surface area contributed by atoms with Gasteiger partial charge < -0.3 is 0 Å². The van der Waals surface area contributed by atoms with Gasteiger partial charge in [0.15, 0.2) is 0 Å². The van der Waals surface area contributed by atoms with E-state index in [0.29, 0.717) is 10.7 Å². The molecule has 1 aliphatic rings. The molecule has 1 aliphatic heterocycles. The quantitative estimate of drug-likeness (QED) is 0.787. The van der Waals surface area contributed by atoms with E-state index in [9.17, 15) is 8.42 Å². The predicted octanol–water partition coefficient (Wildman–Crippen LogP) is 4.73. The van der Waals surface area contributed by atoms with E-state index in [2.05, 4.69) is 0 Å². The van der Waals surface area contributed by atoms with Crippen molar-refractivity contribution in [2.75, 3.05) is 4.31 Å². The number of rotatable bonds is 2. The van der Waals surface area contributed by atoms with Crippen molar-refractivity contribution < 1.29 is 8.42 Å². The van der Waals surface area contributed by atoms with E-state index >= 15 is 0 Å². The van der Waals surface area contributed by atoms with Crippen molar-refractivity contribution in [2.24, 2.45) is 0 Å². The van der Waals surface area contributed by atoms with Gasteiger partial charge in [0.05, 0.1) is 16.1 Å². The van der Waals surface area contributed by atoms with E-state index in [-0.39, 0.29) is 4.90 Å². The lowest BCUT2D eigenvalue weighted by atomic mass is 9.91. The summed E-state index contributed by atoms with van der Waals surface area (Å²) in [6, 6.07) is 13.8. The first-order chi connectivity index (χ1) is 10.7. The maximum Gasteiger partial charge on any atom is 0.265 e. The third-order valence-electron chi connectivity index (χ3n) is 3.99. The number of halogens is 1. The molecule has 5 heteroatoms. The molecule has 0 aromatic heterocycles. The second-order valence-electron chi connectivity index (χ2n) is 6.22. The summed E-state index contributed by atoms with van der Waals surface area (Å²) in [6.07, 6.45) is 1.99. The summed E-state index contributed by atoms with van der Waals surface area (Å²) in [5, 5.41) is 0.512. The number of hydrogen-bond acceptors (Lipinski definition) is 2. The summed E-state index contributed by atoms with van der Waals surface area (Å²) in [6.45, 7) is 5.81. The monoisotopic (exact) mass is 347 g/mol. The van der Waals surface area contributed by atoms with Gasteiger partial charge in [-0.15, -0.1) is 0 Å². The first-order valence-corrected chi connectivity index (χ1v) is 9.15. The Morgan fingerprint density at radius 3 is 2.26 bits per heavy atom. The second-order valence-corrected chi connectivity index (χ2v) is 8.44. The van der Waals surface area contributed by atoms with Crippen molar-refractivity contribution in [1.29, 1.82) is 0 Å². The highest BCUT2D eigenvalue weighted by Crippen LogP contribution is 2.42. The van der Waals surface area contributed by atoms with Gasteiger partial charge >= 0.3 is 0 Å². The van der Waals surface area contributed by atoms with Crippen LogP contribution in [0.2, 0.25) is 5.02 Å². The van der Waals surface area contributed by atoms with Crippen LogP contribution in [0.5, 0.6) is 0 Å². The van der Waals surface area contributed by atoms with Crippen molar-refractivity contribution in [3.63, 3.8) is 0 Å². The van der Waals surface area contributed by atoms with Crippen LogP contribution in [-0.4, -0.2) is 14.0 Å². The SMILES string of the molecule is CC1=CC(C)(C)N(S(=O)(=O)c2ccc(Cl)cc2)c2ccccc21. The molecular weight excluding hydrogens is 330 g/mol. The van der Waals surface area contributed by atoms with Gasteiger partial charge in [0.2, 0.25) is 0 Å². The Kier molecular flexibility index (Phi) is 3.77. The molecule has 0 atom stereocenters. The molecule has 120 valence electrons. The first-order valence-electron chi connectivity index (χ1n) is 7.33. The Bertz CT molecular complexity index is 883. The molecule has 23 heavy (non-hydrogen) atoms. The minimum atomic E-state index is -3.69. The maximum atomic E-state index is 13.2. The zero-order valence-corrected chi connectivity index (χ0v) is 14.8. The molecule has 3 nitrogen and oxygen atoms in total. The molecule has 0 aliphatic carbocycles. The van der Waals surface area contributed by atoms with Gasteiger partial charge in [-0.2, -0.15) is 0 Å². The van der Waals surface area contributed by atoms with E-state index in [1.807, 2.05) is 51.1 Å². The van der Waals surface area contributed by atoms with Crippen LogP contribution in [0.25, 0.3) is 5.57 Å². The average Bonchev–Trinajstić information content (AvgIpc) is 2.46. The summed E-state index contributed by atoms with van der Waals surface area (Å²) in [7, 11) is -3.69. The highest BCUT2D eigenvalue weighted by Gasteiger charge is 2.39. The number of anilines is 1. The molecule has 0 saturated heterocycles. The Hall–Kier alpha value is -1.78. The van der Waals surface area contributed by atoms with Crippen molar-refractivity contribution >= 4 is 32.9 Å². The van der Waals surface area contributed by atoms with E-state index in [1.54, 1.807) is 24.3 Å². The fourth-order valence-electron chi connectivity index (χ4n) is 3.11. The molecule has 2 aromatic rings. The largest absolute Gasteiger partial charge is 0.265 e. The van der Waals surface area contributed by atoms with E-state index in [0.717, 1.165) is 11.1 Å². The van der Waals surface area contributed by atoms with Crippen molar-refractivity contribution in [1.82, 2.24) is 0 Å². The lowest BCUT2D eigenvalue weighted by Gasteiger charge is -2.41. The Balaban J connectivity index is 2.23. The van der Waals surface area contributed by atoms with Crippen molar-refractivity contribution in [3.8, 4) is 0 Å². The van der Waals surface area contributed by atoms with Crippen LogP contribution in [0, 0.1) is 0 Å². The number of allylic oxidation sites excluding steroid dienone is 1. The smallest absolute Gasteiger partial charge is 0.256 e. The maximum absolute atomic E-state index is 13.2. The van der Waals surface area contributed by atoms with E-state index in [1.165, 1.54) is 4.31 Å². The number of sulfonamides is 1. The summed E-state index contributed by atoms with van der Waals surface area (Å²) in [4.78, 5) is 0.234. The van der Waals surface area contributed by atoms with Crippen molar-refractivity contribution in [2.45, 2.75) is 31.2 Å². The summed E-state index contributed by atoms with van der Waals surface area (Å²) >= 11 is 5.89. The average molecular weight is 348 g/mol. The zero-order valence-electron chi connectivity index (χ0n) is 13.2. The van der Waals surface area contributed by atoms with Crippen molar-refractivity contribution in [3.05, 3.63) is 65.2 Å². The third kappa shape index (κ3) is 2.66. The number of fused-ring (bicyclic) bond motifs is 1. The second kappa shape index (κ2) is 5.39.